The predicted molar refractivity (Wildman–Crippen MR) is 152 cm³/mol. The summed E-state index contributed by atoms with van der Waals surface area (Å²) < 4.78 is 4.94. The highest BCUT2D eigenvalue weighted by atomic mass is 32.1. The third-order valence-electron chi connectivity index (χ3n) is 6.33. The van der Waals surface area contributed by atoms with Crippen molar-refractivity contribution >= 4 is 28.3 Å². The Morgan fingerprint density at radius 3 is 1.89 bits per heavy atom. The molecule has 0 aliphatic heterocycles. The third-order valence-corrected chi connectivity index (χ3v) is 7.08. The van der Waals surface area contributed by atoms with Crippen molar-refractivity contribution in [3.05, 3.63) is 119 Å². The van der Waals surface area contributed by atoms with Crippen LogP contribution >= 0.6 is 11.3 Å². The van der Waals surface area contributed by atoms with Gasteiger partial charge in [-0.25, -0.2) is 9.78 Å². The molecule has 0 saturated heterocycles. The number of hydrogen-bond donors (Lipinski definition) is 2. The number of anilines is 1. The van der Waals surface area contributed by atoms with Crippen molar-refractivity contribution in [1.82, 2.24) is 10.3 Å². The topological polar surface area (TPSA) is 80.3 Å². The zero-order chi connectivity index (χ0) is 26.6. The molecule has 7 heteroatoms. The number of benzene rings is 3. The normalized spacial score (nSPS) is 11.2. The molecule has 3 aromatic carbocycles. The molecule has 4 rings (SSSR count). The predicted octanol–water partition coefficient (Wildman–Crippen LogP) is 6.40. The summed E-state index contributed by atoms with van der Waals surface area (Å²) in [5, 5.41) is 8.67. The number of rotatable bonds is 13. The number of unbranched alkanes of at least 4 members (excludes halogenated alkanes) is 2. The van der Waals surface area contributed by atoms with Crippen LogP contribution in [-0.2, 0) is 15.1 Å². The average Bonchev–Trinajstić information content (AvgIpc) is 3.43. The first kappa shape index (κ1) is 27.2. The van der Waals surface area contributed by atoms with Crippen molar-refractivity contribution < 1.29 is 14.3 Å². The quantitative estimate of drug-likeness (QED) is 0.119. The second kappa shape index (κ2) is 13.7. The number of nitrogens with one attached hydrogen (secondary N) is 2. The summed E-state index contributed by atoms with van der Waals surface area (Å²) in [5.41, 5.74) is 3.28. The molecule has 0 bridgehead atoms. The fraction of sp³-hybridized carbons (Fsp3) is 0.258. The third kappa shape index (κ3) is 6.73. The summed E-state index contributed by atoms with van der Waals surface area (Å²) in [4.78, 5) is 28.3. The van der Waals surface area contributed by atoms with Gasteiger partial charge in [0.05, 0.1) is 12.1 Å². The van der Waals surface area contributed by atoms with Gasteiger partial charge in [-0.2, -0.15) is 0 Å². The Kier molecular flexibility index (Phi) is 9.78. The molecule has 0 atom stereocenters. The lowest BCUT2D eigenvalue weighted by molar-refractivity contribution is -0.116. The molecule has 4 aromatic rings. The van der Waals surface area contributed by atoms with Gasteiger partial charge in [-0.05, 0) is 43.0 Å². The minimum absolute atomic E-state index is 0.102. The molecule has 1 aromatic heterocycles. The molecule has 0 aliphatic rings. The first-order valence-electron chi connectivity index (χ1n) is 13.0. The Balaban J connectivity index is 1.36. The fourth-order valence-electron chi connectivity index (χ4n) is 4.55. The monoisotopic (exact) mass is 527 g/mol. The van der Waals surface area contributed by atoms with Crippen molar-refractivity contribution in [1.29, 1.82) is 0 Å². The molecule has 0 fully saturated rings. The molecule has 0 unspecified atom stereocenters. The van der Waals surface area contributed by atoms with E-state index in [1.807, 2.05) is 18.2 Å². The summed E-state index contributed by atoms with van der Waals surface area (Å²) in [6, 6.07) is 31.6. The molecule has 0 spiro atoms. The minimum Gasteiger partial charge on any atom is -0.461 e. The van der Waals surface area contributed by atoms with E-state index in [1.165, 1.54) is 28.0 Å². The number of amides is 1. The van der Waals surface area contributed by atoms with Gasteiger partial charge in [0.2, 0.25) is 5.91 Å². The molecule has 196 valence electrons. The number of aromatic nitrogens is 1. The van der Waals surface area contributed by atoms with Gasteiger partial charge in [0.15, 0.2) is 10.8 Å². The van der Waals surface area contributed by atoms with Gasteiger partial charge in [0, 0.05) is 11.8 Å². The van der Waals surface area contributed by atoms with Crippen LogP contribution in [0.2, 0.25) is 0 Å². The van der Waals surface area contributed by atoms with Crippen molar-refractivity contribution in [2.24, 2.45) is 0 Å². The second-order valence-electron chi connectivity index (χ2n) is 8.89. The maximum Gasteiger partial charge on any atom is 0.357 e. The highest BCUT2D eigenvalue weighted by Gasteiger charge is 2.35. The molecule has 1 heterocycles. The summed E-state index contributed by atoms with van der Waals surface area (Å²) in [6.07, 6.45) is 2.99. The number of ether oxygens (including phenoxy) is 1. The highest BCUT2D eigenvalue weighted by Crippen LogP contribution is 2.36. The maximum atomic E-state index is 12.4. The van der Waals surface area contributed by atoms with Crippen LogP contribution in [0.3, 0.4) is 0 Å². The van der Waals surface area contributed by atoms with Crippen LogP contribution in [0.5, 0.6) is 0 Å². The van der Waals surface area contributed by atoms with Gasteiger partial charge in [-0.15, -0.1) is 11.3 Å². The van der Waals surface area contributed by atoms with E-state index >= 15 is 0 Å². The van der Waals surface area contributed by atoms with Crippen molar-refractivity contribution in [3.63, 3.8) is 0 Å². The van der Waals surface area contributed by atoms with E-state index in [9.17, 15) is 9.59 Å². The van der Waals surface area contributed by atoms with Crippen LogP contribution in [-0.4, -0.2) is 30.0 Å². The Morgan fingerprint density at radius 2 is 1.37 bits per heavy atom. The Labute approximate surface area is 228 Å². The van der Waals surface area contributed by atoms with E-state index in [0.29, 0.717) is 11.6 Å². The number of carbonyl (C=O) groups excluding carboxylic acids is 2. The van der Waals surface area contributed by atoms with Crippen LogP contribution in [0.15, 0.2) is 96.4 Å². The van der Waals surface area contributed by atoms with E-state index in [4.69, 9.17) is 4.74 Å². The maximum absolute atomic E-state index is 12.4. The van der Waals surface area contributed by atoms with E-state index in [-0.39, 0.29) is 18.2 Å². The van der Waals surface area contributed by atoms with Crippen LogP contribution in [0, 0.1) is 0 Å². The van der Waals surface area contributed by atoms with Gasteiger partial charge in [0.25, 0.3) is 0 Å². The molecule has 0 aliphatic carbocycles. The van der Waals surface area contributed by atoms with Gasteiger partial charge >= 0.3 is 5.97 Å². The first-order chi connectivity index (χ1) is 18.6. The second-order valence-corrected chi connectivity index (χ2v) is 9.75. The Bertz CT molecular complexity index is 1200. The molecule has 1 amide bonds. The zero-order valence-corrected chi connectivity index (χ0v) is 22.4. The highest BCUT2D eigenvalue weighted by molar-refractivity contribution is 7.14. The van der Waals surface area contributed by atoms with Crippen molar-refractivity contribution in [2.75, 3.05) is 18.5 Å². The van der Waals surface area contributed by atoms with Gasteiger partial charge in [0.1, 0.15) is 0 Å². The van der Waals surface area contributed by atoms with E-state index in [2.05, 4.69) is 88.4 Å². The van der Waals surface area contributed by atoms with Crippen LogP contribution < -0.4 is 10.6 Å². The Morgan fingerprint density at radius 1 is 0.816 bits per heavy atom. The summed E-state index contributed by atoms with van der Waals surface area (Å²) in [5.74, 6) is -0.579. The molecule has 2 N–H and O–H groups in total. The van der Waals surface area contributed by atoms with Gasteiger partial charge in [-0.1, -0.05) is 97.4 Å². The fourth-order valence-corrected chi connectivity index (χ4v) is 5.24. The lowest BCUT2D eigenvalue weighted by Gasteiger charge is -2.37. The first-order valence-corrected chi connectivity index (χ1v) is 13.9. The summed E-state index contributed by atoms with van der Waals surface area (Å²) in [6.45, 7) is 2.82. The lowest BCUT2D eigenvalue weighted by atomic mass is 9.77. The molecule has 38 heavy (non-hydrogen) atoms. The SMILES string of the molecule is CCOC(=O)c1csc(NC(=O)CCCCCNC(c2ccccc2)(c2ccccc2)c2ccccc2)n1. The smallest absolute Gasteiger partial charge is 0.357 e. The molecule has 6 nitrogen and oxygen atoms in total. The van der Waals surface area contributed by atoms with Crippen LogP contribution in [0.25, 0.3) is 0 Å². The molecule has 0 radical (unpaired) electrons. The van der Waals surface area contributed by atoms with Crippen LogP contribution in [0.1, 0.15) is 59.8 Å². The minimum atomic E-state index is -0.484. The summed E-state index contributed by atoms with van der Waals surface area (Å²) in [7, 11) is 0. The van der Waals surface area contributed by atoms with E-state index in [1.54, 1.807) is 12.3 Å². The van der Waals surface area contributed by atoms with Gasteiger partial charge < -0.3 is 10.1 Å². The van der Waals surface area contributed by atoms with Crippen LogP contribution in [0.4, 0.5) is 5.13 Å². The largest absolute Gasteiger partial charge is 0.461 e. The zero-order valence-electron chi connectivity index (χ0n) is 21.6. The van der Waals surface area contributed by atoms with E-state index in [0.717, 1.165) is 25.8 Å². The molecular weight excluding hydrogens is 494 g/mol. The lowest BCUT2D eigenvalue weighted by Crippen LogP contribution is -2.45. The number of nitrogens with zero attached hydrogens (tertiary/aromatic N) is 1. The number of thiazole rings is 1. The molecule has 0 saturated carbocycles. The van der Waals surface area contributed by atoms with Gasteiger partial charge in [-0.3, -0.25) is 10.1 Å². The number of hydrogen-bond acceptors (Lipinski definition) is 6. The van der Waals surface area contributed by atoms with Crippen molar-refractivity contribution in [2.45, 2.75) is 38.1 Å². The molecular formula is C31H33N3O3S. The standard InChI is InChI=1S/C31H33N3O3S/c1-2-37-29(36)27-23-38-30(33-27)34-28(35)21-13-6-14-22-32-31(24-15-7-3-8-16-24,25-17-9-4-10-18-25)26-19-11-5-12-20-26/h3-5,7-12,15-20,23,32H,2,6,13-14,21-22H2,1H3,(H,33,34,35). The average molecular weight is 528 g/mol. The van der Waals surface area contributed by atoms with E-state index < -0.39 is 11.5 Å². The Hall–Kier alpha value is -3.81. The number of esters is 1. The number of carbonyl (C=O) groups is 2. The van der Waals surface area contributed by atoms with Crippen molar-refractivity contribution in [3.8, 4) is 0 Å². The summed E-state index contributed by atoms with van der Waals surface area (Å²) >= 11 is 1.22.